The van der Waals surface area contributed by atoms with Gasteiger partial charge in [-0.3, -0.25) is 4.79 Å². The van der Waals surface area contributed by atoms with Crippen molar-refractivity contribution in [1.82, 2.24) is 5.32 Å². The smallest absolute Gasteiger partial charge is 0.237 e. The van der Waals surface area contributed by atoms with Gasteiger partial charge in [0.05, 0.1) is 6.04 Å². The van der Waals surface area contributed by atoms with Gasteiger partial charge < -0.3 is 11.1 Å². The topological polar surface area (TPSA) is 55.1 Å². The van der Waals surface area contributed by atoms with E-state index in [-0.39, 0.29) is 11.9 Å². The second-order valence-electron chi connectivity index (χ2n) is 4.87. The lowest BCUT2D eigenvalue weighted by Crippen LogP contribution is -2.46. The Morgan fingerprint density at radius 2 is 2.27 bits per heavy atom. The largest absolute Gasteiger partial charge is 0.352 e. The Morgan fingerprint density at radius 3 is 2.87 bits per heavy atom. The van der Waals surface area contributed by atoms with E-state index in [4.69, 9.17) is 5.73 Å². The van der Waals surface area contributed by atoms with Crippen molar-refractivity contribution in [2.45, 2.75) is 64.5 Å². The predicted octanol–water partition coefficient (Wildman–Crippen LogP) is 1.81. The summed E-state index contributed by atoms with van der Waals surface area (Å²) in [4.78, 5) is 11.7. The Hall–Kier alpha value is -0.570. The summed E-state index contributed by atoms with van der Waals surface area (Å²) in [6.07, 6.45) is 6.52. The molecule has 0 aromatic heterocycles. The summed E-state index contributed by atoms with van der Waals surface area (Å²) in [6.45, 7) is 4.31. The van der Waals surface area contributed by atoms with Crippen LogP contribution in [0.25, 0.3) is 0 Å². The molecule has 3 N–H and O–H groups in total. The average molecular weight is 212 g/mol. The predicted molar refractivity (Wildman–Crippen MR) is 62.4 cm³/mol. The lowest BCUT2D eigenvalue weighted by Gasteiger charge is -2.28. The molecule has 0 spiro atoms. The molecule has 0 radical (unpaired) electrons. The molecule has 3 unspecified atom stereocenters. The van der Waals surface area contributed by atoms with Crippen LogP contribution in [0.5, 0.6) is 0 Å². The van der Waals surface area contributed by atoms with Gasteiger partial charge in [-0.1, -0.05) is 33.1 Å². The Balaban J connectivity index is 2.30. The first kappa shape index (κ1) is 12.5. The van der Waals surface area contributed by atoms with Crippen LogP contribution in [0.4, 0.5) is 0 Å². The summed E-state index contributed by atoms with van der Waals surface area (Å²) in [5.41, 5.74) is 5.77. The summed E-state index contributed by atoms with van der Waals surface area (Å²) in [5, 5.41) is 3.07. The molecule has 0 aromatic carbocycles. The second kappa shape index (κ2) is 6.11. The van der Waals surface area contributed by atoms with E-state index in [0.717, 1.165) is 31.6 Å². The van der Waals surface area contributed by atoms with Gasteiger partial charge in [0.2, 0.25) is 5.91 Å². The minimum atomic E-state index is -0.313. The third-order valence-corrected chi connectivity index (χ3v) is 3.22. The molecule has 1 rings (SSSR count). The average Bonchev–Trinajstić information content (AvgIpc) is 2.18. The van der Waals surface area contributed by atoms with Crippen LogP contribution in [0.15, 0.2) is 0 Å². The molecule has 1 amide bonds. The van der Waals surface area contributed by atoms with E-state index in [0.29, 0.717) is 6.04 Å². The zero-order chi connectivity index (χ0) is 11.3. The summed E-state index contributed by atoms with van der Waals surface area (Å²) < 4.78 is 0. The van der Waals surface area contributed by atoms with Crippen molar-refractivity contribution in [2.24, 2.45) is 11.7 Å². The summed E-state index contributed by atoms with van der Waals surface area (Å²) >= 11 is 0. The fraction of sp³-hybridized carbons (Fsp3) is 0.917. The van der Waals surface area contributed by atoms with Crippen LogP contribution in [0.2, 0.25) is 0 Å². The van der Waals surface area contributed by atoms with E-state index >= 15 is 0 Å². The van der Waals surface area contributed by atoms with Gasteiger partial charge in [-0.15, -0.1) is 0 Å². The molecule has 0 bridgehead atoms. The summed E-state index contributed by atoms with van der Waals surface area (Å²) in [5.74, 6) is 0.780. The van der Waals surface area contributed by atoms with E-state index in [1.807, 2.05) is 0 Å². The molecular weight excluding hydrogens is 188 g/mol. The summed E-state index contributed by atoms with van der Waals surface area (Å²) in [7, 11) is 0. The number of carbonyl (C=O) groups is 1. The Morgan fingerprint density at radius 1 is 1.53 bits per heavy atom. The molecule has 88 valence electrons. The van der Waals surface area contributed by atoms with Crippen molar-refractivity contribution in [1.29, 1.82) is 0 Å². The van der Waals surface area contributed by atoms with Crippen molar-refractivity contribution in [3.05, 3.63) is 0 Å². The first-order chi connectivity index (χ1) is 7.13. The van der Waals surface area contributed by atoms with Crippen LogP contribution in [0.3, 0.4) is 0 Å². The van der Waals surface area contributed by atoms with Gasteiger partial charge in [-0.05, 0) is 25.2 Å². The van der Waals surface area contributed by atoms with Gasteiger partial charge in [0.1, 0.15) is 0 Å². The highest BCUT2D eigenvalue weighted by atomic mass is 16.2. The molecule has 3 atom stereocenters. The van der Waals surface area contributed by atoms with Crippen molar-refractivity contribution >= 4 is 5.91 Å². The van der Waals surface area contributed by atoms with Crippen molar-refractivity contribution < 1.29 is 4.79 Å². The zero-order valence-electron chi connectivity index (χ0n) is 9.96. The molecule has 0 aromatic rings. The molecule has 0 saturated heterocycles. The van der Waals surface area contributed by atoms with E-state index in [2.05, 4.69) is 19.2 Å². The highest BCUT2D eigenvalue weighted by molar-refractivity contribution is 5.81. The molecule has 15 heavy (non-hydrogen) atoms. The number of carbonyl (C=O) groups excluding carboxylic acids is 1. The lowest BCUT2D eigenvalue weighted by atomic mass is 9.87. The van der Waals surface area contributed by atoms with Crippen LogP contribution in [0, 0.1) is 5.92 Å². The monoisotopic (exact) mass is 212 g/mol. The van der Waals surface area contributed by atoms with Gasteiger partial charge in [0.15, 0.2) is 0 Å². The fourth-order valence-electron chi connectivity index (χ4n) is 2.32. The van der Waals surface area contributed by atoms with Crippen LogP contribution in [-0.2, 0) is 4.79 Å². The van der Waals surface area contributed by atoms with E-state index in [1.165, 1.54) is 12.8 Å². The van der Waals surface area contributed by atoms with Crippen LogP contribution in [0.1, 0.15) is 52.4 Å². The van der Waals surface area contributed by atoms with Gasteiger partial charge in [-0.25, -0.2) is 0 Å². The van der Waals surface area contributed by atoms with Crippen molar-refractivity contribution in [3.8, 4) is 0 Å². The molecule has 1 fully saturated rings. The van der Waals surface area contributed by atoms with E-state index in [9.17, 15) is 4.79 Å². The maximum absolute atomic E-state index is 11.7. The minimum absolute atomic E-state index is 0.0379. The first-order valence-electron chi connectivity index (χ1n) is 6.19. The maximum atomic E-state index is 11.7. The Labute approximate surface area is 92.8 Å². The maximum Gasteiger partial charge on any atom is 0.237 e. The minimum Gasteiger partial charge on any atom is -0.352 e. The summed E-state index contributed by atoms with van der Waals surface area (Å²) in [6, 6.07) is 0.0522. The van der Waals surface area contributed by atoms with Crippen LogP contribution in [-0.4, -0.2) is 18.0 Å². The molecule has 0 aliphatic heterocycles. The standard InChI is InChI=1S/C12H24N2O/c1-3-5-11(13)12(15)14-10-7-4-6-9(2)8-10/h9-11H,3-8,13H2,1-2H3,(H,14,15). The quantitative estimate of drug-likeness (QED) is 0.746. The number of hydrogen-bond donors (Lipinski definition) is 2. The van der Waals surface area contributed by atoms with Crippen molar-refractivity contribution in [2.75, 3.05) is 0 Å². The number of nitrogens with one attached hydrogen (secondary N) is 1. The Kier molecular flexibility index (Phi) is 5.09. The van der Waals surface area contributed by atoms with Gasteiger partial charge in [0.25, 0.3) is 0 Å². The SMILES string of the molecule is CCCC(N)C(=O)NC1CCCC(C)C1. The second-order valence-corrected chi connectivity index (χ2v) is 4.87. The van der Waals surface area contributed by atoms with Gasteiger partial charge >= 0.3 is 0 Å². The molecule has 1 saturated carbocycles. The number of nitrogens with two attached hydrogens (primary N) is 1. The molecule has 3 heteroatoms. The highest BCUT2D eigenvalue weighted by Gasteiger charge is 2.22. The first-order valence-corrected chi connectivity index (χ1v) is 6.19. The third-order valence-electron chi connectivity index (χ3n) is 3.22. The van der Waals surface area contributed by atoms with E-state index < -0.39 is 0 Å². The molecule has 3 nitrogen and oxygen atoms in total. The van der Waals surface area contributed by atoms with Crippen molar-refractivity contribution in [3.63, 3.8) is 0 Å². The van der Waals surface area contributed by atoms with Crippen LogP contribution < -0.4 is 11.1 Å². The van der Waals surface area contributed by atoms with Gasteiger partial charge in [-0.2, -0.15) is 0 Å². The molecule has 1 aliphatic rings. The van der Waals surface area contributed by atoms with Gasteiger partial charge in [0, 0.05) is 6.04 Å². The highest BCUT2D eigenvalue weighted by Crippen LogP contribution is 2.23. The number of hydrogen-bond acceptors (Lipinski definition) is 2. The molecule has 0 heterocycles. The number of rotatable bonds is 4. The molecule has 1 aliphatic carbocycles. The third kappa shape index (κ3) is 4.20. The fourth-order valence-corrected chi connectivity index (χ4v) is 2.32. The van der Waals surface area contributed by atoms with Crippen LogP contribution >= 0.6 is 0 Å². The number of amides is 1. The van der Waals surface area contributed by atoms with E-state index in [1.54, 1.807) is 0 Å². The normalized spacial score (nSPS) is 28.5. The lowest BCUT2D eigenvalue weighted by molar-refractivity contribution is -0.123. The zero-order valence-corrected chi connectivity index (χ0v) is 9.96. The Bertz CT molecular complexity index is 206. The molecular formula is C12H24N2O.